The van der Waals surface area contributed by atoms with E-state index < -0.39 is 6.09 Å². The van der Waals surface area contributed by atoms with E-state index in [0.29, 0.717) is 24.3 Å². The van der Waals surface area contributed by atoms with Gasteiger partial charge in [0.15, 0.2) is 5.82 Å². The number of aromatic nitrogens is 1. The van der Waals surface area contributed by atoms with Crippen LogP contribution in [-0.2, 0) is 4.74 Å². The number of carbonyl (C=O) groups is 1. The fourth-order valence-corrected chi connectivity index (χ4v) is 4.77. The lowest BCUT2D eigenvalue weighted by molar-refractivity contribution is 0.0151. The third-order valence-electron chi connectivity index (χ3n) is 5.21. The van der Waals surface area contributed by atoms with Crippen molar-refractivity contribution >= 4 is 35.7 Å². The summed E-state index contributed by atoms with van der Waals surface area (Å²) in [7, 11) is 0. The van der Waals surface area contributed by atoms with E-state index >= 15 is 0 Å². The van der Waals surface area contributed by atoms with Gasteiger partial charge in [-0.25, -0.2) is 9.78 Å². The zero-order valence-corrected chi connectivity index (χ0v) is 16.4. The molecule has 1 unspecified atom stereocenters. The minimum Gasteiger partial charge on any atom is -0.449 e. The van der Waals surface area contributed by atoms with Crippen LogP contribution in [0.2, 0.25) is 0 Å². The highest BCUT2D eigenvalue weighted by Gasteiger charge is 2.34. The van der Waals surface area contributed by atoms with Crippen molar-refractivity contribution in [3.05, 3.63) is 35.3 Å². The lowest BCUT2D eigenvalue weighted by atomic mass is 9.79. The predicted octanol–water partition coefficient (Wildman–Crippen LogP) is 4.43. The van der Waals surface area contributed by atoms with E-state index in [0.717, 1.165) is 22.0 Å². The number of fused-ring (bicyclic) bond motifs is 3. The molecule has 3 aliphatic rings. The molecule has 1 amide bonds. The quantitative estimate of drug-likeness (QED) is 0.834. The topological polar surface area (TPSA) is 54.5 Å². The summed E-state index contributed by atoms with van der Waals surface area (Å²) in [4.78, 5) is 20.2. The highest BCUT2D eigenvalue weighted by Crippen LogP contribution is 2.34. The van der Waals surface area contributed by atoms with Gasteiger partial charge in [-0.05, 0) is 44.3 Å². The van der Waals surface area contributed by atoms with E-state index in [1.54, 1.807) is 11.3 Å². The molecule has 2 aromatic rings. The summed E-state index contributed by atoms with van der Waals surface area (Å²) < 4.78 is 5.53. The monoisotopic (exact) mass is 393 g/mol. The first-order chi connectivity index (χ1) is 12.2. The van der Waals surface area contributed by atoms with E-state index in [9.17, 15) is 4.79 Å². The summed E-state index contributed by atoms with van der Waals surface area (Å²) in [5.74, 6) is 1.77. The number of piperidine rings is 3. The Morgan fingerprint density at radius 3 is 2.69 bits per heavy atom. The lowest BCUT2D eigenvalue weighted by Crippen LogP contribution is -2.49. The molecule has 1 atom stereocenters. The normalized spacial score (nSPS) is 24.0. The predicted molar refractivity (Wildman–Crippen MR) is 107 cm³/mol. The average Bonchev–Trinajstić information content (AvgIpc) is 3.02. The molecule has 7 heteroatoms. The summed E-state index contributed by atoms with van der Waals surface area (Å²) in [5.41, 5.74) is 1.06. The number of anilines is 1. The molecule has 0 radical (unpaired) electrons. The number of hydrogen-bond donors (Lipinski definition) is 1. The fraction of sp³-hybridized carbons (Fsp3) is 0.474. The minimum absolute atomic E-state index is 0. The molecule has 3 fully saturated rings. The first-order valence-electron chi connectivity index (χ1n) is 8.88. The van der Waals surface area contributed by atoms with Crippen molar-refractivity contribution in [1.82, 2.24) is 9.88 Å². The molecule has 5 nitrogen and oxygen atoms in total. The molecule has 1 aromatic heterocycles. The van der Waals surface area contributed by atoms with Gasteiger partial charge in [0.25, 0.3) is 0 Å². The first-order valence-corrected chi connectivity index (χ1v) is 9.69. The van der Waals surface area contributed by atoms with Gasteiger partial charge in [0.1, 0.15) is 0 Å². The van der Waals surface area contributed by atoms with E-state index in [1.165, 1.54) is 25.9 Å². The molecule has 1 N–H and O–H groups in total. The zero-order chi connectivity index (χ0) is 17.2. The van der Waals surface area contributed by atoms with Crippen LogP contribution in [0.25, 0.3) is 10.4 Å². The standard InChI is InChI=1S/C19H23N3O2S.ClH/c1-13-20-18(17(25-13)15-5-3-2-4-6-15)21-19(23)24-12-16-11-22-9-7-14(16)8-10-22;/h2-6,14,16H,7-12H2,1H3,(H,21,23);1H. The number of nitrogens with one attached hydrogen (secondary N) is 1. The number of halogens is 1. The molecule has 2 bridgehead atoms. The summed E-state index contributed by atoms with van der Waals surface area (Å²) in [6, 6.07) is 10.00. The van der Waals surface area contributed by atoms with Crippen LogP contribution < -0.4 is 5.32 Å². The second-order valence-electron chi connectivity index (χ2n) is 6.90. The van der Waals surface area contributed by atoms with Crippen molar-refractivity contribution in [2.75, 3.05) is 31.6 Å². The van der Waals surface area contributed by atoms with Crippen LogP contribution in [0.1, 0.15) is 17.8 Å². The Balaban J connectivity index is 0.00000196. The van der Waals surface area contributed by atoms with Gasteiger partial charge in [-0.2, -0.15) is 0 Å². The number of nitrogens with zero attached hydrogens (tertiary/aromatic N) is 2. The minimum atomic E-state index is -0.404. The Bertz CT molecular complexity index is 744. The van der Waals surface area contributed by atoms with Crippen molar-refractivity contribution in [2.24, 2.45) is 11.8 Å². The van der Waals surface area contributed by atoms with Crippen molar-refractivity contribution < 1.29 is 9.53 Å². The Hall–Kier alpha value is -1.63. The molecule has 0 aliphatic carbocycles. The van der Waals surface area contributed by atoms with Crippen LogP contribution in [0.3, 0.4) is 0 Å². The van der Waals surface area contributed by atoms with Gasteiger partial charge in [0, 0.05) is 12.5 Å². The van der Waals surface area contributed by atoms with Gasteiger partial charge >= 0.3 is 6.09 Å². The number of amides is 1. The molecule has 1 aromatic carbocycles. The second-order valence-corrected chi connectivity index (χ2v) is 8.10. The number of rotatable bonds is 4. The van der Waals surface area contributed by atoms with Gasteiger partial charge in [-0.1, -0.05) is 30.3 Å². The number of ether oxygens (including phenoxy) is 1. The molecule has 0 spiro atoms. The Labute approximate surface area is 164 Å². The van der Waals surface area contributed by atoms with Crippen LogP contribution in [0.4, 0.5) is 10.6 Å². The maximum Gasteiger partial charge on any atom is 0.412 e. The fourth-order valence-electron chi connectivity index (χ4n) is 3.89. The van der Waals surface area contributed by atoms with Gasteiger partial charge in [-0.3, -0.25) is 5.32 Å². The summed E-state index contributed by atoms with van der Waals surface area (Å²) in [6.07, 6.45) is 2.07. The van der Waals surface area contributed by atoms with E-state index in [4.69, 9.17) is 4.74 Å². The Morgan fingerprint density at radius 2 is 2.04 bits per heavy atom. The zero-order valence-electron chi connectivity index (χ0n) is 14.8. The summed E-state index contributed by atoms with van der Waals surface area (Å²) >= 11 is 1.58. The van der Waals surface area contributed by atoms with Gasteiger partial charge in [0.2, 0.25) is 0 Å². The maximum absolute atomic E-state index is 12.3. The third kappa shape index (κ3) is 4.19. The molecular weight excluding hydrogens is 370 g/mol. The number of carbonyl (C=O) groups excluding carboxylic acids is 1. The van der Waals surface area contributed by atoms with Crippen molar-refractivity contribution in [1.29, 1.82) is 0 Å². The summed E-state index contributed by atoms with van der Waals surface area (Å²) in [6.45, 7) is 5.90. The first kappa shape index (κ1) is 19.1. The van der Waals surface area contributed by atoms with E-state index in [-0.39, 0.29) is 12.4 Å². The molecule has 140 valence electrons. The average molecular weight is 394 g/mol. The second kappa shape index (κ2) is 8.37. The van der Waals surface area contributed by atoms with Crippen molar-refractivity contribution in [3.8, 4) is 10.4 Å². The SMILES string of the molecule is Cc1nc(NC(=O)OCC2CN3CCC2CC3)c(-c2ccccc2)s1.Cl. The van der Waals surface area contributed by atoms with Crippen molar-refractivity contribution in [2.45, 2.75) is 19.8 Å². The van der Waals surface area contributed by atoms with E-state index in [1.807, 2.05) is 37.3 Å². The number of benzene rings is 1. The molecule has 4 heterocycles. The Morgan fingerprint density at radius 1 is 1.31 bits per heavy atom. The van der Waals surface area contributed by atoms with Gasteiger partial charge < -0.3 is 9.64 Å². The molecular formula is C19H24ClN3O2S. The highest BCUT2D eigenvalue weighted by atomic mass is 35.5. The van der Waals surface area contributed by atoms with Crippen molar-refractivity contribution in [3.63, 3.8) is 0 Å². The smallest absolute Gasteiger partial charge is 0.412 e. The van der Waals surface area contributed by atoms with Crippen LogP contribution in [0.5, 0.6) is 0 Å². The van der Waals surface area contributed by atoms with Crippen LogP contribution in [0.15, 0.2) is 30.3 Å². The van der Waals surface area contributed by atoms with E-state index in [2.05, 4.69) is 15.2 Å². The van der Waals surface area contributed by atoms with Crippen LogP contribution in [0, 0.1) is 18.8 Å². The molecule has 0 saturated carbocycles. The number of aryl methyl sites for hydroxylation is 1. The number of thiazole rings is 1. The molecule has 26 heavy (non-hydrogen) atoms. The summed E-state index contributed by atoms with van der Waals surface area (Å²) in [5, 5.41) is 3.76. The lowest BCUT2D eigenvalue weighted by Gasteiger charge is -2.44. The number of hydrogen-bond acceptors (Lipinski definition) is 5. The highest BCUT2D eigenvalue weighted by molar-refractivity contribution is 7.15. The van der Waals surface area contributed by atoms with Crippen LogP contribution >= 0.6 is 23.7 Å². The third-order valence-corrected chi connectivity index (χ3v) is 6.23. The molecule has 5 rings (SSSR count). The Kier molecular flexibility index (Phi) is 6.16. The van der Waals surface area contributed by atoms with Crippen LogP contribution in [-0.4, -0.2) is 42.2 Å². The maximum atomic E-state index is 12.3. The largest absolute Gasteiger partial charge is 0.449 e. The molecule has 3 aliphatic heterocycles. The van der Waals surface area contributed by atoms with Gasteiger partial charge in [-0.15, -0.1) is 23.7 Å². The van der Waals surface area contributed by atoms with Gasteiger partial charge in [0.05, 0.1) is 16.5 Å². The molecule has 3 saturated heterocycles.